The van der Waals surface area contributed by atoms with Gasteiger partial charge in [0.15, 0.2) is 0 Å². The maximum atomic E-state index is 10.6. The van der Waals surface area contributed by atoms with E-state index in [1.54, 1.807) is 0 Å². The predicted octanol–water partition coefficient (Wildman–Crippen LogP) is 3.90. The van der Waals surface area contributed by atoms with Crippen molar-refractivity contribution in [2.45, 2.75) is 57.9 Å². The van der Waals surface area contributed by atoms with E-state index in [1.807, 2.05) is 24.3 Å². The quantitative estimate of drug-likeness (QED) is 0.607. The molecular formula is C17H27NO3. The van der Waals surface area contributed by atoms with Gasteiger partial charge < -0.3 is 15.6 Å². The van der Waals surface area contributed by atoms with Crippen molar-refractivity contribution in [2.75, 3.05) is 6.61 Å². The van der Waals surface area contributed by atoms with Gasteiger partial charge in [0, 0.05) is 6.04 Å². The van der Waals surface area contributed by atoms with E-state index in [2.05, 4.69) is 6.92 Å². The topological polar surface area (TPSA) is 72.5 Å². The minimum absolute atomic E-state index is 0.0576. The number of benzene rings is 1. The first kappa shape index (κ1) is 17.5. The smallest absolute Gasteiger partial charge is 0.305 e. The lowest BCUT2D eigenvalue weighted by Gasteiger charge is -2.11. The Kier molecular flexibility index (Phi) is 8.51. The maximum Gasteiger partial charge on any atom is 0.305 e. The first-order valence-electron chi connectivity index (χ1n) is 7.83. The van der Waals surface area contributed by atoms with Crippen molar-refractivity contribution in [2.24, 2.45) is 5.73 Å². The molecule has 1 atom stereocenters. The number of rotatable bonds is 11. The van der Waals surface area contributed by atoms with Crippen LogP contribution in [0.2, 0.25) is 0 Å². The van der Waals surface area contributed by atoms with Crippen molar-refractivity contribution in [3.63, 3.8) is 0 Å². The van der Waals surface area contributed by atoms with Crippen LogP contribution in [0.25, 0.3) is 0 Å². The summed E-state index contributed by atoms with van der Waals surface area (Å²) >= 11 is 0. The summed E-state index contributed by atoms with van der Waals surface area (Å²) in [6.07, 6.45) is 7.40. The van der Waals surface area contributed by atoms with Crippen LogP contribution < -0.4 is 10.5 Å². The molecule has 4 nitrogen and oxygen atoms in total. The molecule has 118 valence electrons. The molecule has 0 saturated carbocycles. The van der Waals surface area contributed by atoms with E-state index < -0.39 is 12.0 Å². The molecule has 21 heavy (non-hydrogen) atoms. The number of ether oxygens (including phenoxy) is 1. The molecule has 0 aliphatic rings. The minimum Gasteiger partial charge on any atom is -0.494 e. The van der Waals surface area contributed by atoms with Crippen LogP contribution in [-0.4, -0.2) is 17.7 Å². The van der Waals surface area contributed by atoms with Crippen molar-refractivity contribution in [3.8, 4) is 5.75 Å². The number of nitrogens with two attached hydrogens (primary N) is 1. The summed E-state index contributed by atoms with van der Waals surface area (Å²) in [7, 11) is 0. The van der Waals surface area contributed by atoms with Gasteiger partial charge in [0.1, 0.15) is 5.75 Å². The van der Waals surface area contributed by atoms with Gasteiger partial charge in [-0.05, 0) is 24.1 Å². The van der Waals surface area contributed by atoms with Gasteiger partial charge in [0.05, 0.1) is 13.0 Å². The Morgan fingerprint density at radius 3 is 2.38 bits per heavy atom. The van der Waals surface area contributed by atoms with Crippen molar-refractivity contribution < 1.29 is 14.6 Å². The lowest BCUT2D eigenvalue weighted by Crippen LogP contribution is -2.14. The minimum atomic E-state index is -0.883. The number of hydrogen-bond donors (Lipinski definition) is 2. The summed E-state index contributed by atoms with van der Waals surface area (Å²) in [6.45, 7) is 2.95. The Morgan fingerprint density at radius 1 is 1.14 bits per heavy atom. The largest absolute Gasteiger partial charge is 0.494 e. The highest BCUT2D eigenvalue weighted by molar-refractivity contribution is 5.67. The molecule has 0 radical (unpaired) electrons. The lowest BCUT2D eigenvalue weighted by molar-refractivity contribution is -0.137. The van der Waals surface area contributed by atoms with Crippen LogP contribution in [0, 0.1) is 0 Å². The second-order valence-corrected chi connectivity index (χ2v) is 5.39. The Labute approximate surface area is 127 Å². The van der Waals surface area contributed by atoms with E-state index in [0.717, 1.165) is 24.3 Å². The highest BCUT2D eigenvalue weighted by Gasteiger charge is 2.10. The molecule has 0 heterocycles. The highest BCUT2D eigenvalue weighted by Crippen LogP contribution is 2.19. The molecule has 0 aliphatic heterocycles. The molecule has 1 rings (SSSR count). The van der Waals surface area contributed by atoms with E-state index in [-0.39, 0.29) is 6.42 Å². The molecule has 0 bridgehead atoms. The molecule has 0 aromatic heterocycles. The van der Waals surface area contributed by atoms with Crippen molar-refractivity contribution in [3.05, 3.63) is 29.8 Å². The first-order valence-corrected chi connectivity index (χ1v) is 7.83. The third kappa shape index (κ3) is 7.71. The SMILES string of the molecule is CCCCCCCCOc1ccc([C@H](N)CC(=O)O)cc1. The van der Waals surface area contributed by atoms with Crippen molar-refractivity contribution in [1.82, 2.24) is 0 Å². The van der Waals surface area contributed by atoms with E-state index in [1.165, 1.54) is 32.1 Å². The van der Waals surface area contributed by atoms with Crippen LogP contribution in [0.1, 0.15) is 63.5 Å². The van der Waals surface area contributed by atoms with Gasteiger partial charge in [-0.15, -0.1) is 0 Å². The average molecular weight is 293 g/mol. The van der Waals surface area contributed by atoms with Crippen LogP contribution in [0.5, 0.6) is 5.75 Å². The van der Waals surface area contributed by atoms with Gasteiger partial charge in [-0.3, -0.25) is 4.79 Å². The van der Waals surface area contributed by atoms with Gasteiger partial charge in [0.2, 0.25) is 0 Å². The molecule has 0 fully saturated rings. The van der Waals surface area contributed by atoms with Crippen LogP contribution in [0.3, 0.4) is 0 Å². The fraction of sp³-hybridized carbons (Fsp3) is 0.588. The zero-order valence-electron chi connectivity index (χ0n) is 12.9. The van der Waals surface area contributed by atoms with Gasteiger partial charge >= 0.3 is 5.97 Å². The molecule has 0 saturated heterocycles. The lowest BCUT2D eigenvalue weighted by atomic mass is 10.0. The zero-order chi connectivity index (χ0) is 15.5. The second-order valence-electron chi connectivity index (χ2n) is 5.39. The number of carboxylic acids is 1. The number of carboxylic acid groups (broad SMARTS) is 1. The molecule has 1 aromatic carbocycles. The molecule has 4 heteroatoms. The number of unbranched alkanes of at least 4 members (excludes halogenated alkanes) is 5. The van der Waals surface area contributed by atoms with Crippen LogP contribution in [0.15, 0.2) is 24.3 Å². The Bertz CT molecular complexity index is 403. The van der Waals surface area contributed by atoms with E-state index in [0.29, 0.717) is 0 Å². The molecule has 1 aromatic rings. The Hall–Kier alpha value is -1.55. The second kappa shape index (κ2) is 10.2. The molecule has 0 amide bonds. The predicted molar refractivity (Wildman–Crippen MR) is 84.5 cm³/mol. The zero-order valence-corrected chi connectivity index (χ0v) is 12.9. The average Bonchev–Trinajstić information content (AvgIpc) is 2.46. The highest BCUT2D eigenvalue weighted by atomic mass is 16.5. The summed E-state index contributed by atoms with van der Waals surface area (Å²) in [5.41, 5.74) is 6.63. The van der Waals surface area contributed by atoms with E-state index in [9.17, 15) is 4.79 Å². The summed E-state index contributed by atoms with van der Waals surface area (Å²) in [6, 6.07) is 6.92. The van der Waals surface area contributed by atoms with Gasteiger partial charge in [0.25, 0.3) is 0 Å². The fourth-order valence-corrected chi connectivity index (χ4v) is 2.19. The van der Waals surface area contributed by atoms with Gasteiger partial charge in [-0.1, -0.05) is 51.2 Å². The third-order valence-electron chi connectivity index (χ3n) is 3.47. The number of aliphatic carboxylic acids is 1. The van der Waals surface area contributed by atoms with Crippen molar-refractivity contribution >= 4 is 5.97 Å². The normalized spacial score (nSPS) is 12.1. The molecule has 0 unspecified atom stereocenters. The Balaban J connectivity index is 2.23. The third-order valence-corrected chi connectivity index (χ3v) is 3.47. The molecular weight excluding hydrogens is 266 g/mol. The van der Waals surface area contributed by atoms with E-state index in [4.69, 9.17) is 15.6 Å². The first-order chi connectivity index (χ1) is 10.1. The summed E-state index contributed by atoms with van der Waals surface area (Å²) in [4.78, 5) is 10.6. The molecule has 0 aliphatic carbocycles. The van der Waals surface area contributed by atoms with Gasteiger partial charge in [-0.25, -0.2) is 0 Å². The van der Waals surface area contributed by atoms with Crippen LogP contribution in [-0.2, 0) is 4.79 Å². The summed E-state index contributed by atoms with van der Waals surface area (Å²) in [5.74, 6) is -0.0688. The number of carbonyl (C=O) groups is 1. The van der Waals surface area contributed by atoms with Gasteiger partial charge in [-0.2, -0.15) is 0 Å². The summed E-state index contributed by atoms with van der Waals surface area (Å²) < 4.78 is 5.67. The Morgan fingerprint density at radius 2 is 1.76 bits per heavy atom. The monoisotopic (exact) mass is 293 g/mol. The molecule has 0 spiro atoms. The van der Waals surface area contributed by atoms with Crippen LogP contribution >= 0.6 is 0 Å². The van der Waals surface area contributed by atoms with E-state index >= 15 is 0 Å². The summed E-state index contributed by atoms with van der Waals surface area (Å²) in [5, 5.41) is 8.72. The van der Waals surface area contributed by atoms with Crippen LogP contribution in [0.4, 0.5) is 0 Å². The standard InChI is InChI=1S/C17H27NO3/c1-2-3-4-5-6-7-12-21-15-10-8-14(9-11-15)16(18)13-17(19)20/h8-11,16H,2-7,12-13,18H2,1H3,(H,19,20)/t16-/m1/s1. The number of hydrogen-bond acceptors (Lipinski definition) is 3. The molecule has 3 N–H and O–H groups in total. The maximum absolute atomic E-state index is 10.6. The fourth-order valence-electron chi connectivity index (χ4n) is 2.19. The van der Waals surface area contributed by atoms with Crippen molar-refractivity contribution in [1.29, 1.82) is 0 Å².